The second kappa shape index (κ2) is 4.87. The Morgan fingerprint density at radius 1 is 1.35 bits per heavy atom. The number of hydrogen-bond acceptors (Lipinski definition) is 4. The molecule has 0 aliphatic heterocycles. The topological polar surface area (TPSA) is 55.8 Å². The highest BCUT2D eigenvalue weighted by molar-refractivity contribution is 8.00. The summed E-state index contributed by atoms with van der Waals surface area (Å²) in [6.07, 6.45) is 0.744. The fraction of sp³-hybridized carbons (Fsp3) is 0.417. The van der Waals surface area contributed by atoms with Gasteiger partial charge in [-0.1, -0.05) is 0 Å². The molecule has 92 valence electrons. The van der Waals surface area contributed by atoms with Gasteiger partial charge in [0.05, 0.1) is 20.1 Å². The lowest BCUT2D eigenvalue weighted by molar-refractivity contribution is -0.138. The standard InChI is InChI=1S/C12H14O4S/c1-15-9-4-3-7(5-10(9)16-2)17-11-6-8(11)12(13)14/h3-5,8,11H,6H2,1-2H3,(H,13,14). The largest absolute Gasteiger partial charge is 0.493 e. The Morgan fingerprint density at radius 2 is 2.06 bits per heavy atom. The first kappa shape index (κ1) is 12.1. The van der Waals surface area contributed by atoms with Gasteiger partial charge < -0.3 is 14.6 Å². The molecule has 1 aromatic carbocycles. The van der Waals surface area contributed by atoms with Crippen molar-refractivity contribution in [1.82, 2.24) is 0 Å². The van der Waals surface area contributed by atoms with Crippen molar-refractivity contribution < 1.29 is 19.4 Å². The zero-order chi connectivity index (χ0) is 12.4. The Labute approximate surface area is 104 Å². The number of methoxy groups -OCH3 is 2. The van der Waals surface area contributed by atoms with Crippen LogP contribution in [0, 0.1) is 5.92 Å². The molecule has 1 aliphatic rings. The SMILES string of the molecule is COc1ccc(SC2CC2C(=O)O)cc1OC. The van der Waals surface area contributed by atoms with Crippen LogP contribution in [0.15, 0.2) is 23.1 Å². The molecule has 1 N–H and O–H groups in total. The Bertz CT molecular complexity index is 433. The maximum Gasteiger partial charge on any atom is 0.307 e. The van der Waals surface area contributed by atoms with Crippen LogP contribution in [0.1, 0.15) is 6.42 Å². The van der Waals surface area contributed by atoms with Gasteiger partial charge in [-0.15, -0.1) is 11.8 Å². The number of ether oxygens (including phenoxy) is 2. The maximum absolute atomic E-state index is 10.7. The molecule has 5 heteroatoms. The molecule has 0 spiro atoms. The molecule has 0 amide bonds. The maximum atomic E-state index is 10.7. The average Bonchev–Trinajstić information content (AvgIpc) is 3.08. The van der Waals surface area contributed by atoms with E-state index in [0.717, 1.165) is 11.3 Å². The number of aliphatic carboxylic acids is 1. The summed E-state index contributed by atoms with van der Waals surface area (Å²) in [4.78, 5) is 11.7. The average molecular weight is 254 g/mol. The van der Waals surface area contributed by atoms with Crippen LogP contribution in [0.25, 0.3) is 0 Å². The molecule has 0 saturated heterocycles. The molecular weight excluding hydrogens is 240 g/mol. The van der Waals surface area contributed by atoms with Gasteiger partial charge in [0.2, 0.25) is 0 Å². The fourth-order valence-electron chi connectivity index (χ4n) is 1.63. The highest BCUT2D eigenvalue weighted by atomic mass is 32.2. The molecule has 0 heterocycles. The highest BCUT2D eigenvalue weighted by Gasteiger charge is 2.43. The minimum absolute atomic E-state index is 0.186. The molecule has 2 rings (SSSR count). The third kappa shape index (κ3) is 2.66. The molecule has 0 radical (unpaired) electrons. The van der Waals surface area contributed by atoms with Crippen molar-refractivity contribution in [3.63, 3.8) is 0 Å². The van der Waals surface area contributed by atoms with Crippen molar-refractivity contribution in [2.24, 2.45) is 5.92 Å². The Balaban J connectivity index is 2.05. The first-order valence-electron chi connectivity index (χ1n) is 5.27. The Kier molecular flexibility index (Phi) is 3.47. The molecular formula is C12H14O4S. The summed E-state index contributed by atoms with van der Waals surface area (Å²) in [5.41, 5.74) is 0. The van der Waals surface area contributed by atoms with Gasteiger partial charge >= 0.3 is 5.97 Å². The lowest BCUT2D eigenvalue weighted by atomic mass is 10.3. The summed E-state index contributed by atoms with van der Waals surface area (Å²) >= 11 is 1.58. The summed E-state index contributed by atoms with van der Waals surface area (Å²) in [6.45, 7) is 0. The molecule has 1 saturated carbocycles. The minimum atomic E-state index is -0.706. The third-order valence-electron chi connectivity index (χ3n) is 2.69. The molecule has 2 unspecified atom stereocenters. The van der Waals surface area contributed by atoms with Crippen molar-refractivity contribution >= 4 is 17.7 Å². The van der Waals surface area contributed by atoms with Gasteiger partial charge in [0.25, 0.3) is 0 Å². The number of hydrogen-bond donors (Lipinski definition) is 1. The van der Waals surface area contributed by atoms with E-state index in [1.807, 2.05) is 18.2 Å². The smallest absolute Gasteiger partial charge is 0.307 e. The van der Waals surface area contributed by atoms with E-state index in [2.05, 4.69) is 0 Å². The predicted octanol–water partition coefficient (Wildman–Crippen LogP) is 2.27. The molecule has 0 aromatic heterocycles. The molecule has 4 nitrogen and oxygen atoms in total. The van der Waals surface area contributed by atoms with E-state index < -0.39 is 5.97 Å². The molecule has 0 bridgehead atoms. The van der Waals surface area contributed by atoms with Gasteiger partial charge in [-0.2, -0.15) is 0 Å². The van der Waals surface area contributed by atoms with Crippen LogP contribution in [0.5, 0.6) is 11.5 Å². The number of rotatable bonds is 5. The summed E-state index contributed by atoms with van der Waals surface area (Å²) in [6, 6.07) is 5.63. The van der Waals surface area contributed by atoms with Crippen LogP contribution in [0.4, 0.5) is 0 Å². The van der Waals surface area contributed by atoms with E-state index in [0.29, 0.717) is 11.5 Å². The van der Waals surface area contributed by atoms with E-state index in [1.165, 1.54) is 0 Å². The van der Waals surface area contributed by atoms with Crippen LogP contribution >= 0.6 is 11.8 Å². The number of thioether (sulfide) groups is 1. The zero-order valence-electron chi connectivity index (χ0n) is 9.67. The van der Waals surface area contributed by atoms with E-state index in [9.17, 15) is 4.79 Å². The summed E-state index contributed by atoms with van der Waals surface area (Å²) in [7, 11) is 3.18. The molecule has 2 atom stereocenters. The summed E-state index contributed by atoms with van der Waals surface area (Å²) in [5.74, 6) is 0.448. The fourth-order valence-corrected chi connectivity index (χ4v) is 2.88. The third-order valence-corrected chi connectivity index (χ3v) is 4.04. The molecule has 1 aromatic rings. The van der Waals surface area contributed by atoms with E-state index in [4.69, 9.17) is 14.6 Å². The van der Waals surface area contributed by atoms with Gasteiger partial charge in [0.15, 0.2) is 11.5 Å². The van der Waals surface area contributed by atoms with Gasteiger partial charge in [0, 0.05) is 10.1 Å². The normalized spacial score (nSPS) is 22.0. The number of benzene rings is 1. The summed E-state index contributed by atoms with van der Waals surface area (Å²) in [5, 5.41) is 9.01. The van der Waals surface area contributed by atoms with Crippen molar-refractivity contribution in [2.75, 3.05) is 14.2 Å². The van der Waals surface area contributed by atoms with Gasteiger partial charge in [0.1, 0.15) is 0 Å². The van der Waals surface area contributed by atoms with Crippen LogP contribution in [0.3, 0.4) is 0 Å². The van der Waals surface area contributed by atoms with E-state index >= 15 is 0 Å². The Hall–Kier alpha value is -1.36. The number of carboxylic acid groups (broad SMARTS) is 1. The first-order valence-corrected chi connectivity index (χ1v) is 6.15. The quantitative estimate of drug-likeness (QED) is 0.873. The lowest BCUT2D eigenvalue weighted by Crippen LogP contribution is -1.99. The van der Waals surface area contributed by atoms with Crippen LogP contribution in [0.2, 0.25) is 0 Å². The Morgan fingerprint density at radius 3 is 2.59 bits per heavy atom. The van der Waals surface area contributed by atoms with Gasteiger partial charge in [-0.05, 0) is 24.6 Å². The zero-order valence-corrected chi connectivity index (χ0v) is 10.5. The van der Waals surface area contributed by atoms with Gasteiger partial charge in [-0.25, -0.2) is 0 Å². The predicted molar refractivity (Wildman–Crippen MR) is 64.9 cm³/mol. The van der Waals surface area contributed by atoms with Crippen molar-refractivity contribution in [1.29, 1.82) is 0 Å². The second-order valence-corrected chi connectivity index (χ2v) is 5.17. The monoisotopic (exact) mass is 254 g/mol. The lowest BCUT2D eigenvalue weighted by Gasteiger charge is -2.08. The van der Waals surface area contributed by atoms with E-state index in [-0.39, 0.29) is 11.2 Å². The molecule has 1 fully saturated rings. The van der Waals surface area contributed by atoms with Crippen LogP contribution in [-0.4, -0.2) is 30.5 Å². The minimum Gasteiger partial charge on any atom is -0.493 e. The second-order valence-electron chi connectivity index (χ2n) is 3.85. The van der Waals surface area contributed by atoms with Crippen LogP contribution < -0.4 is 9.47 Å². The van der Waals surface area contributed by atoms with Crippen molar-refractivity contribution in [2.45, 2.75) is 16.6 Å². The number of carbonyl (C=O) groups is 1. The van der Waals surface area contributed by atoms with E-state index in [1.54, 1.807) is 26.0 Å². The number of carboxylic acids is 1. The molecule has 1 aliphatic carbocycles. The highest BCUT2D eigenvalue weighted by Crippen LogP contribution is 2.46. The first-order chi connectivity index (χ1) is 8.15. The van der Waals surface area contributed by atoms with Crippen molar-refractivity contribution in [3.8, 4) is 11.5 Å². The van der Waals surface area contributed by atoms with Crippen LogP contribution in [-0.2, 0) is 4.79 Å². The van der Waals surface area contributed by atoms with Gasteiger partial charge in [-0.3, -0.25) is 4.79 Å². The van der Waals surface area contributed by atoms with Crippen molar-refractivity contribution in [3.05, 3.63) is 18.2 Å². The summed E-state index contributed by atoms with van der Waals surface area (Å²) < 4.78 is 10.3. The molecule has 17 heavy (non-hydrogen) atoms.